The van der Waals surface area contributed by atoms with Crippen LogP contribution in [-0.2, 0) is 13.5 Å². The van der Waals surface area contributed by atoms with Crippen LogP contribution in [0.2, 0.25) is 5.02 Å². The van der Waals surface area contributed by atoms with Crippen LogP contribution < -0.4 is 0 Å². The third kappa shape index (κ3) is 1.58. The number of aromatic nitrogens is 2. The maximum absolute atomic E-state index is 6.27. The standard InChI is InChI=1S/C11H12BrClN2/c1-4-7-5-8-11(10(13)9(7)12)14-6(2)15(8)3/h5H,4H2,1-3H3. The first-order valence-corrected chi connectivity index (χ1v) is 6.03. The van der Waals surface area contributed by atoms with E-state index in [0.29, 0.717) is 5.02 Å². The quantitative estimate of drug-likeness (QED) is 0.779. The number of halogens is 2. The lowest BCUT2D eigenvalue weighted by atomic mass is 10.1. The van der Waals surface area contributed by atoms with Crippen LogP contribution in [0.5, 0.6) is 0 Å². The van der Waals surface area contributed by atoms with Crippen molar-refractivity contribution in [2.75, 3.05) is 0 Å². The molecule has 0 radical (unpaired) electrons. The Labute approximate surface area is 102 Å². The molecule has 2 aromatic rings. The van der Waals surface area contributed by atoms with E-state index in [4.69, 9.17) is 11.6 Å². The van der Waals surface area contributed by atoms with Crippen molar-refractivity contribution in [2.45, 2.75) is 20.3 Å². The number of hydrogen-bond donors (Lipinski definition) is 0. The molecule has 2 nitrogen and oxygen atoms in total. The van der Waals surface area contributed by atoms with E-state index in [2.05, 4.69) is 38.5 Å². The summed E-state index contributed by atoms with van der Waals surface area (Å²) in [5.41, 5.74) is 3.19. The van der Waals surface area contributed by atoms with Crippen molar-refractivity contribution >= 4 is 38.6 Å². The van der Waals surface area contributed by atoms with Crippen LogP contribution in [0, 0.1) is 6.92 Å². The van der Waals surface area contributed by atoms with Crippen LogP contribution >= 0.6 is 27.5 Å². The molecule has 0 fully saturated rings. The van der Waals surface area contributed by atoms with Crippen LogP contribution in [0.15, 0.2) is 10.5 Å². The summed E-state index contributed by atoms with van der Waals surface area (Å²) in [4.78, 5) is 4.45. The molecule has 0 aliphatic heterocycles. The molecule has 0 aliphatic rings. The van der Waals surface area contributed by atoms with Gasteiger partial charge in [-0.2, -0.15) is 0 Å². The van der Waals surface area contributed by atoms with Gasteiger partial charge in [0.05, 0.1) is 10.5 Å². The Kier molecular flexibility index (Phi) is 2.77. The smallest absolute Gasteiger partial charge is 0.109 e. The van der Waals surface area contributed by atoms with Gasteiger partial charge in [-0.15, -0.1) is 0 Å². The molecule has 80 valence electrons. The zero-order valence-electron chi connectivity index (χ0n) is 8.93. The fraction of sp³-hybridized carbons (Fsp3) is 0.364. The predicted octanol–water partition coefficient (Wildman–Crippen LogP) is 3.86. The van der Waals surface area contributed by atoms with Gasteiger partial charge in [-0.25, -0.2) is 4.98 Å². The summed E-state index contributed by atoms with van der Waals surface area (Å²) in [6.07, 6.45) is 0.959. The molecule has 0 N–H and O–H groups in total. The third-order valence-electron chi connectivity index (χ3n) is 2.74. The zero-order valence-corrected chi connectivity index (χ0v) is 11.3. The molecule has 4 heteroatoms. The van der Waals surface area contributed by atoms with Crippen LogP contribution in [-0.4, -0.2) is 9.55 Å². The highest BCUT2D eigenvalue weighted by molar-refractivity contribution is 9.10. The largest absolute Gasteiger partial charge is 0.331 e. The number of benzene rings is 1. The van der Waals surface area contributed by atoms with Gasteiger partial charge >= 0.3 is 0 Å². The van der Waals surface area contributed by atoms with Crippen LogP contribution in [0.1, 0.15) is 18.3 Å². The molecule has 0 unspecified atom stereocenters. The van der Waals surface area contributed by atoms with E-state index in [0.717, 1.165) is 27.8 Å². The molecule has 0 amide bonds. The summed E-state index contributed by atoms with van der Waals surface area (Å²) in [7, 11) is 2.01. The first-order chi connectivity index (χ1) is 7.06. The highest BCUT2D eigenvalue weighted by atomic mass is 79.9. The maximum Gasteiger partial charge on any atom is 0.109 e. The second kappa shape index (κ2) is 3.80. The Balaban J connectivity index is 2.90. The van der Waals surface area contributed by atoms with Gasteiger partial charge in [-0.1, -0.05) is 18.5 Å². The van der Waals surface area contributed by atoms with Crippen molar-refractivity contribution < 1.29 is 0 Å². The van der Waals surface area contributed by atoms with Gasteiger partial charge in [0.25, 0.3) is 0 Å². The molecule has 0 saturated carbocycles. The van der Waals surface area contributed by atoms with E-state index in [-0.39, 0.29) is 0 Å². The minimum Gasteiger partial charge on any atom is -0.331 e. The molecule has 0 saturated heterocycles. The van der Waals surface area contributed by atoms with E-state index >= 15 is 0 Å². The summed E-state index contributed by atoms with van der Waals surface area (Å²) >= 11 is 9.79. The highest BCUT2D eigenvalue weighted by Crippen LogP contribution is 2.34. The molecule has 1 aromatic carbocycles. The Morgan fingerprint density at radius 1 is 1.53 bits per heavy atom. The van der Waals surface area contributed by atoms with Crippen molar-refractivity contribution in [2.24, 2.45) is 7.05 Å². The highest BCUT2D eigenvalue weighted by Gasteiger charge is 2.13. The third-order valence-corrected chi connectivity index (χ3v) is 4.24. The van der Waals surface area contributed by atoms with E-state index in [1.54, 1.807) is 0 Å². The van der Waals surface area contributed by atoms with Gasteiger partial charge in [-0.3, -0.25) is 0 Å². The number of nitrogens with zero attached hydrogens (tertiary/aromatic N) is 2. The average molecular weight is 288 g/mol. The van der Waals surface area contributed by atoms with Gasteiger partial charge < -0.3 is 4.57 Å². The van der Waals surface area contributed by atoms with Gasteiger partial charge in [0, 0.05) is 11.5 Å². The molecular formula is C11H12BrClN2. The summed E-state index contributed by atoms with van der Waals surface area (Å²) in [5, 5.41) is 0.716. The van der Waals surface area contributed by atoms with Crippen molar-refractivity contribution in [3.63, 3.8) is 0 Å². The molecule has 0 aliphatic carbocycles. The monoisotopic (exact) mass is 286 g/mol. The summed E-state index contributed by atoms with van der Waals surface area (Å²) in [6, 6.07) is 2.14. The van der Waals surface area contributed by atoms with Crippen molar-refractivity contribution in [3.8, 4) is 0 Å². The predicted molar refractivity (Wildman–Crippen MR) is 67.5 cm³/mol. The molecule has 1 aromatic heterocycles. The lowest BCUT2D eigenvalue weighted by Gasteiger charge is -2.05. The Morgan fingerprint density at radius 2 is 2.20 bits per heavy atom. The van der Waals surface area contributed by atoms with E-state index in [1.807, 2.05) is 14.0 Å². The van der Waals surface area contributed by atoms with Gasteiger partial charge in [0.15, 0.2) is 0 Å². The topological polar surface area (TPSA) is 17.8 Å². The maximum atomic E-state index is 6.27. The fourth-order valence-electron chi connectivity index (χ4n) is 1.68. The summed E-state index contributed by atoms with van der Waals surface area (Å²) in [5.74, 6) is 0.979. The normalized spacial score (nSPS) is 11.3. The number of hydrogen-bond acceptors (Lipinski definition) is 1. The number of fused-ring (bicyclic) bond motifs is 1. The zero-order chi connectivity index (χ0) is 11.2. The van der Waals surface area contributed by atoms with Crippen LogP contribution in [0.25, 0.3) is 11.0 Å². The second-order valence-corrected chi connectivity index (χ2v) is 4.77. The minimum atomic E-state index is 0.716. The number of rotatable bonds is 1. The first-order valence-electron chi connectivity index (χ1n) is 4.86. The molecule has 0 spiro atoms. The van der Waals surface area contributed by atoms with Crippen molar-refractivity contribution in [3.05, 3.63) is 26.9 Å². The van der Waals surface area contributed by atoms with Crippen molar-refractivity contribution in [1.82, 2.24) is 9.55 Å². The van der Waals surface area contributed by atoms with Gasteiger partial charge in [-0.05, 0) is 40.9 Å². The molecule has 0 atom stereocenters. The molecule has 0 bridgehead atoms. The van der Waals surface area contributed by atoms with Crippen LogP contribution in [0.4, 0.5) is 0 Å². The Bertz CT molecular complexity index is 531. The summed E-state index contributed by atoms with van der Waals surface area (Å²) < 4.78 is 3.03. The molecular weight excluding hydrogens is 275 g/mol. The second-order valence-electron chi connectivity index (χ2n) is 3.60. The lowest BCUT2D eigenvalue weighted by molar-refractivity contribution is 0.885. The Morgan fingerprint density at radius 3 is 2.80 bits per heavy atom. The summed E-state index contributed by atoms with van der Waals surface area (Å²) in [6.45, 7) is 4.10. The minimum absolute atomic E-state index is 0.716. The van der Waals surface area contributed by atoms with E-state index < -0.39 is 0 Å². The van der Waals surface area contributed by atoms with Gasteiger partial charge in [0.2, 0.25) is 0 Å². The number of aryl methyl sites for hydroxylation is 3. The van der Waals surface area contributed by atoms with Gasteiger partial charge in [0.1, 0.15) is 11.3 Å². The van der Waals surface area contributed by atoms with E-state index in [1.165, 1.54) is 5.56 Å². The SMILES string of the molecule is CCc1cc2c(nc(C)n2C)c(Cl)c1Br. The Hall–Kier alpha value is -0.540. The van der Waals surface area contributed by atoms with Crippen LogP contribution in [0.3, 0.4) is 0 Å². The molecule has 15 heavy (non-hydrogen) atoms. The van der Waals surface area contributed by atoms with E-state index in [9.17, 15) is 0 Å². The number of imidazole rings is 1. The lowest BCUT2D eigenvalue weighted by Crippen LogP contribution is -1.92. The average Bonchev–Trinajstić information content (AvgIpc) is 2.50. The fourth-order valence-corrected chi connectivity index (χ4v) is 2.53. The molecule has 2 rings (SSSR count). The molecule has 1 heterocycles. The first kappa shape index (κ1) is 11.0. The van der Waals surface area contributed by atoms with Crippen molar-refractivity contribution in [1.29, 1.82) is 0 Å².